The van der Waals surface area contributed by atoms with Gasteiger partial charge in [0.25, 0.3) is 0 Å². The Hall–Kier alpha value is -1.76. The van der Waals surface area contributed by atoms with Gasteiger partial charge in [-0.1, -0.05) is 31.8 Å². The Bertz CT molecular complexity index is 596. The summed E-state index contributed by atoms with van der Waals surface area (Å²) in [6.07, 6.45) is 4.39. The molecule has 1 aliphatic rings. The third-order valence-electron chi connectivity index (χ3n) is 4.05. The first-order chi connectivity index (χ1) is 10.1. The largest absolute Gasteiger partial charge is 0.339 e. The Kier molecular flexibility index (Phi) is 3.75. The quantitative estimate of drug-likeness (QED) is 0.876. The number of aromatic amines is 1. The SMILES string of the molecule is Cc1nc(CNC2(c3noc(C(C)C)n3)CCCC2)n[nH]1. The molecule has 7 nitrogen and oxygen atoms in total. The molecular formula is C14H22N6O. The van der Waals surface area contributed by atoms with Gasteiger partial charge >= 0.3 is 0 Å². The van der Waals surface area contributed by atoms with Gasteiger partial charge in [0, 0.05) is 5.92 Å². The normalized spacial score (nSPS) is 17.7. The molecule has 0 atom stereocenters. The maximum atomic E-state index is 5.38. The second-order valence-electron chi connectivity index (χ2n) is 6.09. The van der Waals surface area contributed by atoms with Gasteiger partial charge in [0.15, 0.2) is 11.6 Å². The highest BCUT2D eigenvalue weighted by Gasteiger charge is 2.40. The van der Waals surface area contributed by atoms with Crippen LogP contribution in [0, 0.1) is 6.92 Å². The van der Waals surface area contributed by atoms with Crippen LogP contribution in [0.25, 0.3) is 0 Å². The second-order valence-corrected chi connectivity index (χ2v) is 6.09. The van der Waals surface area contributed by atoms with E-state index in [4.69, 9.17) is 4.52 Å². The van der Waals surface area contributed by atoms with Crippen LogP contribution in [0.1, 0.15) is 68.8 Å². The molecule has 2 N–H and O–H groups in total. The number of nitrogens with zero attached hydrogens (tertiary/aromatic N) is 4. The molecule has 0 radical (unpaired) electrons. The summed E-state index contributed by atoms with van der Waals surface area (Å²) in [5, 5.41) is 14.8. The van der Waals surface area contributed by atoms with Crippen LogP contribution >= 0.6 is 0 Å². The van der Waals surface area contributed by atoms with Gasteiger partial charge in [-0.25, -0.2) is 4.98 Å². The highest BCUT2D eigenvalue weighted by molar-refractivity contribution is 5.09. The van der Waals surface area contributed by atoms with Crippen molar-refractivity contribution in [3.8, 4) is 0 Å². The third kappa shape index (κ3) is 2.83. The Morgan fingerprint density at radius 1 is 1.29 bits per heavy atom. The van der Waals surface area contributed by atoms with Crippen LogP contribution in [-0.4, -0.2) is 25.3 Å². The molecule has 0 amide bonds. The monoisotopic (exact) mass is 290 g/mol. The molecule has 0 saturated heterocycles. The van der Waals surface area contributed by atoms with E-state index >= 15 is 0 Å². The van der Waals surface area contributed by atoms with Crippen molar-refractivity contribution in [3.63, 3.8) is 0 Å². The lowest BCUT2D eigenvalue weighted by Crippen LogP contribution is -2.40. The molecule has 0 spiro atoms. The van der Waals surface area contributed by atoms with Gasteiger partial charge in [-0.05, 0) is 19.8 Å². The third-order valence-corrected chi connectivity index (χ3v) is 4.05. The van der Waals surface area contributed by atoms with Crippen molar-refractivity contribution < 1.29 is 4.52 Å². The molecule has 3 rings (SSSR count). The van der Waals surface area contributed by atoms with Gasteiger partial charge in [-0.3, -0.25) is 10.4 Å². The number of H-pyrrole nitrogens is 1. The summed E-state index contributed by atoms with van der Waals surface area (Å²) in [4.78, 5) is 8.93. The van der Waals surface area contributed by atoms with E-state index in [1.54, 1.807) is 0 Å². The van der Waals surface area contributed by atoms with Crippen molar-refractivity contribution in [2.24, 2.45) is 0 Å². The van der Waals surface area contributed by atoms with Crippen molar-refractivity contribution >= 4 is 0 Å². The van der Waals surface area contributed by atoms with Crippen LogP contribution in [0.4, 0.5) is 0 Å². The minimum Gasteiger partial charge on any atom is -0.339 e. The van der Waals surface area contributed by atoms with Gasteiger partial charge < -0.3 is 4.52 Å². The van der Waals surface area contributed by atoms with Crippen molar-refractivity contribution in [2.75, 3.05) is 0 Å². The fraction of sp³-hybridized carbons (Fsp3) is 0.714. The van der Waals surface area contributed by atoms with E-state index in [9.17, 15) is 0 Å². The summed E-state index contributed by atoms with van der Waals surface area (Å²) in [6, 6.07) is 0. The van der Waals surface area contributed by atoms with E-state index in [-0.39, 0.29) is 11.5 Å². The zero-order valence-corrected chi connectivity index (χ0v) is 12.8. The number of hydrogen-bond acceptors (Lipinski definition) is 6. The minimum absolute atomic E-state index is 0.203. The Balaban J connectivity index is 1.78. The maximum Gasteiger partial charge on any atom is 0.229 e. The first-order valence-corrected chi connectivity index (χ1v) is 7.56. The minimum atomic E-state index is -0.203. The van der Waals surface area contributed by atoms with Crippen LogP contribution in [0.3, 0.4) is 0 Å². The number of nitrogens with one attached hydrogen (secondary N) is 2. The second kappa shape index (κ2) is 5.55. The highest BCUT2D eigenvalue weighted by Crippen LogP contribution is 2.37. The van der Waals surface area contributed by atoms with E-state index in [1.807, 2.05) is 6.92 Å². The summed E-state index contributed by atoms with van der Waals surface area (Å²) < 4.78 is 5.38. The summed E-state index contributed by atoms with van der Waals surface area (Å²) in [5.41, 5.74) is -0.203. The topological polar surface area (TPSA) is 92.5 Å². The van der Waals surface area contributed by atoms with Crippen LogP contribution in [0.2, 0.25) is 0 Å². The molecule has 0 aliphatic heterocycles. The summed E-state index contributed by atoms with van der Waals surface area (Å²) in [6.45, 7) is 6.62. The lowest BCUT2D eigenvalue weighted by atomic mass is 9.96. The molecule has 7 heteroatoms. The first-order valence-electron chi connectivity index (χ1n) is 7.56. The van der Waals surface area contributed by atoms with Gasteiger partial charge in [0.05, 0.1) is 12.1 Å². The molecule has 1 saturated carbocycles. The van der Waals surface area contributed by atoms with E-state index in [2.05, 4.69) is 44.5 Å². The molecule has 2 aromatic heterocycles. The average Bonchev–Trinajstić information content (AvgIpc) is 3.17. The fourth-order valence-electron chi connectivity index (χ4n) is 2.84. The Labute approximate surface area is 123 Å². The highest BCUT2D eigenvalue weighted by atomic mass is 16.5. The van der Waals surface area contributed by atoms with E-state index in [1.165, 1.54) is 12.8 Å². The molecule has 1 fully saturated rings. The Morgan fingerprint density at radius 3 is 2.62 bits per heavy atom. The van der Waals surface area contributed by atoms with Crippen molar-refractivity contribution in [1.82, 2.24) is 30.6 Å². The van der Waals surface area contributed by atoms with Gasteiger partial charge in [-0.2, -0.15) is 10.1 Å². The number of hydrogen-bond donors (Lipinski definition) is 2. The number of aryl methyl sites for hydroxylation is 1. The zero-order chi connectivity index (χ0) is 14.9. The number of rotatable bonds is 5. The smallest absolute Gasteiger partial charge is 0.229 e. The average molecular weight is 290 g/mol. The molecule has 0 unspecified atom stereocenters. The Morgan fingerprint density at radius 2 is 2.05 bits per heavy atom. The predicted octanol–water partition coefficient (Wildman–Crippen LogP) is 2.18. The van der Waals surface area contributed by atoms with Crippen LogP contribution in [-0.2, 0) is 12.1 Å². The first kappa shape index (κ1) is 14.2. The van der Waals surface area contributed by atoms with Crippen LogP contribution < -0.4 is 5.32 Å². The molecule has 1 aliphatic carbocycles. The van der Waals surface area contributed by atoms with Gasteiger partial charge in [-0.15, -0.1) is 0 Å². The molecule has 114 valence electrons. The summed E-state index contributed by atoms with van der Waals surface area (Å²) in [7, 11) is 0. The van der Waals surface area contributed by atoms with Gasteiger partial charge in [0.1, 0.15) is 5.82 Å². The number of aromatic nitrogens is 5. The van der Waals surface area contributed by atoms with E-state index in [0.717, 1.165) is 30.3 Å². The summed E-state index contributed by atoms with van der Waals surface area (Å²) in [5.74, 6) is 3.32. The summed E-state index contributed by atoms with van der Waals surface area (Å²) >= 11 is 0. The van der Waals surface area contributed by atoms with Crippen LogP contribution in [0.15, 0.2) is 4.52 Å². The molecule has 2 aromatic rings. The fourth-order valence-corrected chi connectivity index (χ4v) is 2.84. The molecule has 21 heavy (non-hydrogen) atoms. The molecule has 2 heterocycles. The molecule has 0 aromatic carbocycles. The zero-order valence-electron chi connectivity index (χ0n) is 12.8. The standard InChI is InChI=1S/C14H22N6O/c1-9(2)12-17-13(20-21-12)14(6-4-5-7-14)15-8-11-16-10(3)18-19-11/h9,15H,4-8H2,1-3H3,(H,16,18,19). The van der Waals surface area contributed by atoms with Crippen LogP contribution in [0.5, 0.6) is 0 Å². The van der Waals surface area contributed by atoms with Crippen molar-refractivity contribution in [1.29, 1.82) is 0 Å². The molecular weight excluding hydrogens is 268 g/mol. The maximum absolute atomic E-state index is 5.38. The van der Waals surface area contributed by atoms with Gasteiger partial charge in [0.2, 0.25) is 5.89 Å². The van der Waals surface area contributed by atoms with E-state index < -0.39 is 0 Å². The predicted molar refractivity (Wildman–Crippen MR) is 76.5 cm³/mol. The van der Waals surface area contributed by atoms with E-state index in [0.29, 0.717) is 12.4 Å². The van der Waals surface area contributed by atoms with Crippen molar-refractivity contribution in [3.05, 3.63) is 23.4 Å². The molecule has 0 bridgehead atoms. The lowest BCUT2D eigenvalue weighted by molar-refractivity contribution is 0.292. The van der Waals surface area contributed by atoms with Crippen molar-refractivity contribution in [2.45, 2.75) is 64.5 Å². The lowest BCUT2D eigenvalue weighted by Gasteiger charge is -2.26.